The molecule has 1 aromatic heterocycles. The molecule has 0 aliphatic carbocycles. The number of hydrogen-bond donors (Lipinski definition) is 3. The molecule has 18 heavy (non-hydrogen) atoms. The molecule has 0 saturated heterocycles. The van der Waals surface area contributed by atoms with Crippen molar-refractivity contribution in [2.75, 3.05) is 0 Å². The number of nitrogens with one attached hydrogen (secondary N) is 2. The van der Waals surface area contributed by atoms with E-state index < -0.39 is 0 Å². The van der Waals surface area contributed by atoms with Crippen molar-refractivity contribution in [1.29, 1.82) is 0 Å². The van der Waals surface area contributed by atoms with Crippen LogP contribution in [0.1, 0.15) is 23.6 Å². The van der Waals surface area contributed by atoms with E-state index in [1.807, 2.05) is 48.8 Å². The molecular formula is C14H17N3O. The summed E-state index contributed by atoms with van der Waals surface area (Å²) in [6.45, 7) is 0.532. The summed E-state index contributed by atoms with van der Waals surface area (Å²) >= 11 is 0. The highest BCUT2D eigenvalue weighted by Crippen LogP contribution is 2.12. The highest BCUT2D eigenvalue weighted by atomic mass is 16.1. The third kappa shape index (κ3) is 3.46. The van der Waals surface area contributed by atoms with Gasteiger partial charge in [0.1, 0.15) is 0 Å². The Kier molecular flexibility index (Phi) is 4.15. The number of amides is 1. The van der Waals surface area contributed by atoms with Crippen molar-refractivity contribution in [2.45, 2.75) is 19.0 Å². The maximum absolute atomic E-state index is 11.7. The number of aromatic amines is 1. The molecular weight excluding hydrogens is 226 g/mol. The van der Waals surface area contributed by atoms with Crippen LogP contribution < -0.4 is 11.1 Å². The molecule has 0 bridgehead atoms. The monoisotopic (exact) mass is 243 g/mol. The predicted molar refractivity (Wildman–Crippen MR) is 70.6 cm³/mol. The topological polar surface area (TPSA) is 70.9 Å². The van der Waals surface area contributed by atoms with Gasteiger partial charge in [-0.15, -0.1) is 0 Å². The Balaban J connectivity index is 1.80. The van der Waals surface area contributed by atoms with Crippen LogP contribution in [0.2, 0.25) is 0 Å². The lowest BCUT2D eigenvalue weighted by Gasteiger charge is -2.11. The SMILES string of the molecule is NC(CC(=O)NCc1cc[nH]c1)c1ccccc1. The summed E-state index contributed by atoms with van der Waals surface area (Å²) < 4.78 is 0. The highest BCUT2D eigenvalue weighted by molar-refractivity contribution is 5.76. The first kappa shape index (κ1) is 12.4. The van der Waals surface area contributed by atoms with E-state index >= 15 is 0 Å². The van der Waals surface area contributed by atoms with Gasteiger partial charge in [0.15, 0.2) is 0 Å². The van der Waals surface area contributed by atoms with Gasteiger partial charge in [0.05, 0.1) is 0 Å². The molecule has 0 radical (unpaired) electrons. The van der Waals surface area contributed by atoms with Crippen LogP contribution in [-0.2, 0) is 11.3 Å². The Labute approximate surface area is 106 Å². The lowest BCUT2D eigenvalue weighted by atomic mass is 10.0. The molecule has 4 heteroatoms. The molecule has 1 heterocycles. The van der Waals surface area contributed by atoms with Gasteiger partial charge in [-0.3, -0.25) is 4.79 Å². The van der Waals surface area contributed by atoms with E-state index in [1.165, 1.54) is 0 Å². The van der Waals surface area contributed by atoms with Crippen molar-refractivity contribution in [3.05, 3.63) is 59.9 Å². The third-order valence-electron chi connectivity index (χ3n) is 2.79. The Hall–Kier alpha value is -2.07. The van der Waals surface area contributed by atoms with E-state index in [2.05, 4.69) is 10.3 Å². The second-order valence-electron chi connectivity index (χ2n) is 4.22. The van der Waals surface area contributed by atoms with Crippen LogP contribution in [0, 0.1) is 0 Å². The number of rotatable bonds is 5. The first-order valence-electron chi connectivity index (χ1n) is 5.94. The normalized spacial score (nSPS) is 12.1. The summed E-state index contributed by atoms with van der Waals surface area (Å²) in [5, 5.41) is 2.85. The number of H-pyrrole nitrogens is 1. The Bertz CT molecular complexity index is 479. The standard InChI is InChI=1S/C14H17N3O/c15-13(12-4-2-1-3-5-12)8-14(18)17-10-11-6-7-16-9-11/h1-7,9,13,16H,8,10,15H2,(H,17,18). The minimum absolute atomic E-state index is 0.0347. The van der Waals surface area contributed by atoms with Crippen LogP contribution in [-0.4, -0.2) is 10.9 Å². The highest BCUT2D eigenvalue weighted by Gasteiger charge is 2.10. The number of carbonyl (C=O) groups excluding carboxylic acids is 1. The van der Waals surface area contributed by atoms with E-state index in [0.717, 1.165) is 11.1 Å². The molecule has 4 N–H and O–H groups in total. The summed E-state index contributed by atoms with van der Waals surface area (Å²) in [7, 11) is 0. The molecule has 94 valence electrons. The molecule has 1 atom stereocenters. The van der Waals surface area contributed by atoms with Crippen LogP contribution >= 0.6 is 0 Å². The number of hydrogen-bond acceptors (Lipinski definition) is 2. The number of benzene rings is 1. The van der Waals surface area contributed by atoms with Gasteiger partial charge in [0, 0.05) is 31.4 Å². The van der Waals surface area contributed by atoms with Crippen molar-refractivity contribution in [3.8, 4) is 0 Å². The quantitative estimate of drug-likeness (QED) is 0.748. The van der Waals surface area contributed by atoms with Gasteiger partial charge in [-0.1, -0.05) is 30.3 Å². The van der Waals surface area contributed by atoms with Gasteiger partial charge in [-0.05, 0) is 17.2 Å². The zero-order valence-electron chi connectivity index (χ0n) is 10.1. The lowest BCUT2D eigenvalue weighted by molar-refractivity contribution is -0.121. The minimum Gasteiger partial charge on any atom is -0.367 e. The number of carbonyl (C=O) groups is 1. The van der Waals surface area contributed by atoms with Gasteiger partial charge in [-0.25, -0.2) is 0 Å². The zero-order chi connectivity index (χ0) is 12.8. The van der Waals surface area contributed by atoms with Gasteiger partial charge >= 0.3 is 0 Å². The average molecular weight is 243 g/mol. The first-order chi connectivity index (χ1) is 8.75. The summed E-state index contributed by atoms with van der Waals surface area (Å²) in [6, 6.07) is 11.3. The van der Waals surface area contributed by atoms with Crippen molar-refractivity contribution in [1.82, 2.24) is 10.3 Å². The predicted octanol–water partition coefficient (Wildman–Crippen LogP) is 1.72. The summed E-state index contributed by atoms with van der Waals surface area (Å²) in [6.07, 6.45) is 3.99. The molecule has 0 saturated carbocycles. The largest absolute Gasteiger partial charge is 0.367 e. The van der Waals surface area contributed by atoms with Crippen LogP contribution in [0.25, 0.3) is 0 Å². The van der Waals surface area contributed by atoms with E-state index in [9.17, 15) is 4.79 Å². The molecule has 0 aliphatic rings. The van der Waals surface area contributed by atoms with Crippen LogP contribution in [0.3, 0.4) is 0 Å². The van der Waals surface area contributed by atoms with E-state index in [-0.39, 0.29) is 11.9 Å². The third-order valence-corrected chi connectivity index (χ3v) is 2.79. The van der Waals surface area contributed by atoms with Crippen molar-refractivity contribution >= 4 is 5.91 Å². The van der Waals surface area contributed by atoms with Crippen molar-refractivity contribution in [3.63, 3.8) is 0 Å². The fraction of sp³-hybridized carbons (Fsp3) is 0.214. The summed E-state index contributed by atoms with van der Waals surface area (Å²) in [5.41, 5.74) is 8.01. The number of aromatic nitrogens is 1. The fourth-order valence-electron chi connectivity index (χ4n) is 1.76. The lowest BCUT2D eigenvalue weighted by Crippen LogP contribution is -2.26. The van der Waals surface area contributed by atoms with Gasteiger partial charge < -0.3 is 16.0 Å². The molecule has 0 spiro atoms. The Morgan fingerprint density at radius 1 is 1.28 bits per heavy atom. The van der Waals surface area contributed by atoms with Crippen LogP contribution in [0.4, 0.5) is 0 Å². The maximum Gasteiger partial charge on any atom is 0.222 e. The molecule has 1 aromatic carbocycles. The maximum atomic E-state index is 11.7. The van der Waals surface area contributed by atoms with E-state index in [1.54, 1.807) is 0 Å². The van der Waals surface area contributed by atoms with Crippen molar-refractivity contribution < 1.29 is 4.79 Å². The summed E-state index contributed by atoms with van der Waals surface area (Å²) in [5.74, 6) is -0.0347. The first-order valence-corrected chi connectivity index (χ1v) is 5.94. The van der Waals surface area contributed by atoms with Gasteiger partial charge in [-0.2, -0.15) is 0 Å². The molecule has 2 aromatic rings. The van der Waals surface area contributed by atoms with Gasteiger partial charge in [0.25, 0.3) is 0 Å². The van der Waals surface area contributed by atoms with Crippen molar-refractivity contribution in [2.24, 2.45) is 5.73 Å². The molecule has 0 fully saturated rings. The molecule has 1 amide bonds. The minimum atomic E-state index is -0.252. The Morgan fingerprint density at radius 3 is 2.72 bits per heavy atom. The smallest absolute Gasteiger partial charge is 0.222 e. The second-order valence-corrected chi connectivity index (χ2v) is 4.22. The van der Waals surface area contributed by atoms with Crippen LogP contribution in [0.5, 0.6) is 0 Å². The summed E-state index contributed by atoms with van der Waals surface area (Å²) in [4.78, 5) is 14.7. The number of nitrogens with two attached hydrogens (primary N) is 1. The molecule has 2 rings (SSSR count). The van der Waals surface area contributed by atoms with Gasteiger partial charge in [0.2, 0.25) is 5.91 Å². The molecule has 0 aliphatic heterocycles. The van der Waals surface area contributed by atoms with Crippen LogP contribution in [0.15, 0.2) is 48.8 Å². The average Bonchev–Trinajstić information content (AvgIpc) is 2.90. The fourth-order valence-corrected chi connectivity index (χ4v) is 1.76. The van der Waals surface area contributed by atoms with E-state index in [4.69, 9.17) is 5.73 Å². The zero-order valence-corrected chi connectivity index (χ0v) is 10.1. The molecule has 4 nitrogen and oxygen atoms in total. The second kappa shape index (κ2) is 6.02. The van der Waals surface area contributed by atoms with E-state index in [0.29, 0.717) is 13.0 Å². The molecule has 1 unspecified atom stereocenters. The Morgan fingerprint density at radius 2 is 2.06 bits per heavy atom.